The van der Waals surface area contributed by atoms with Crippen molar-refractivity contribution in [2.45, 2.75) is 13.5 Å². The number of amides is 3. The average Bonchev–Trinajstić information content (AvgIpc) is 2.98. The number of ether oxygens (including phenoxy) is 2. The van der Waals surface area contributed by atoms with Crippen LogP contribution in [0.3, 0.4) is 0 Å². The minimum Gasteiger partial charge on any atom is -0.490 e. The number of hydrogen-bond donors (Lipinski definition) is 3. The molecule has 150 valence electrons. The van der Waals surface area contributed by atoms with Crippen LogP contribution in [0, 0.1) is 0 Å². The third kappa shape index (κ3) is 4.85. The number of nitrogens with one attached hydrogen (secondary N) is 2. The van der Waals surface area contributed by atoms with Crippen LogP contribution < -0.4 is 20.1 Å². The standard InChI is InChI=1S/C20H17ClN2O6/c1-2-28-16-9-12(8-15-18(24)23-20(27)22-15)7-14(21)17(16)29-10-11-3-5-13(6-4-11)19(25)26/h3-9H,2,10H2,1H3,(H,25,26)(H2,22,23,24,27)/b15-8+. The lowest BCUT2D eigenvalue weighted by molar-refractivity contribution is -0.115. The fourth-order valence-electron chi connectivity index (χ4n) is 2.62. The number of benzene rings is 2. The monoisotopic (exact) mass is 416 g/mol. The maximum Gasteiger partial charge on any atom is 0.335 e. The normalized spacial score (nSPS) is 14.5. The second-order valence-corrected chi connectivity index (χ2v) is 6.43. The molecule has 3 rings (SSSR count). The van der Waals surface area contributed by atoms with Gasteiger partial charge in [0.15, 0.2) is 11.5 Å². The largest absolute Gasteiger partial charge is 0.490 e. The van der Waals surface area contributed by atoms with Crippen molar-refractivity contribution in [3.63, 3.8) is 0 Å². The van der Waals surface area contributed by atoms with E-state index in [0.29, 0.717) is 23.7 Å². The van der Waals surface area contributed by atoms with Gasteiger partial charge in [-0.25, -0.2) is 9.59 Å². The highest BCUT2D eigenvalue weighted by molar-refractivity contribution is 6.32. The molecular formula is C20H17ClN2O6. The van der Waals surface area contributed by atoms with E-state index in [2.05, 4.69) is 10.6 Å². The summed E-state index contributed by atoms with van der Waals surface area (Å²) < 4.78 is 11.4. The van der Waals surface area contributed by atoms with Crippen molar-refractivity contribution in [3.8, 4) is 11.5 Å². The van der Waals surface area contributed by atoms with E-state index in [4.69, 9.17) is 26.2 Å². The zero-order valence-corrected chi connectivity index (χ0v) is 16.1. The fourth-order valence-corrected chi connectivity index (χ4v) is 2.90. The topological polar surface area (TPSA) is 114 Å². The maximum absolute atomic E-state index is 11.7. The van der Waals surface area contributed by atoms with Crippen molar-refractivity contribution in [3.05, 3.63) is 63.8 Å². The minimum absolute atomic E-state index is 0.0979. The number of rotatable bonds is 7. The molecule has 0 unspecified atom stereocenters. The van der Waals surface area contributed by atoms with Gasteiger partial charge in [-0.1, -0.05) is 23.7 Å². The summed E-state index contributed by atoms with van der Waals surface area (Å²) in [7, 11) is 0. The molecule has 0 aliphatic carbocycles. The van der Waals surface area contributed by atoms with E-state index in [9.17, 15) is 14.4 Å². The van der Waals surface area contributed by atoms with E-state index < -0.39 is 17.9 Å². The third-order valence-electron chi connectivity index (χ3n) is 3.95. The van der Waals surface area contributed by atoms with E-state index in [-0.39, 0.29) is 22.9 Å². The van der Waals surface area contributed by atoms with Gasteiger partial charge in [0, 0.05) is 0 Å². The van der Waals surface area contributed by atoms with Crippen molar-refractivity contribution >= 4 is 35.6 Å². The molecule has 2 aromatic rings. The number of urea groups is 1. The summed E-state index contributed by atoms with van der Waals surface area (Å²) in [6, 6.07) is 8.91. The van der Waals surface area contributed by atoms with Gasteiger partial charge < -0.3 is 19.9 Å². The van der Waals surface area contributed by atoms with E-state index in [1.54, 1.807) is 31.2 Å². The van der Waals surface area contributed by atoms with Gasteiger partial charge in [-0.15, -0.1) is 0 Å². The summed E-state index contributed by atoms with van der Waals surface area (Å²) in [4.78, 5) is 33.9. The van der Waals surface area contributed by atoms with E-state index in [1.165, 1.54) is 18.2 Å². The number of halogens is 1. The molecule has 0 bridgehead atoms. The number of hydrogen-bond acceptors (Lipinski definition) is 5. The second-order valence-electron chi connectivity index (χ2n) is 6.02. The molecule has 0 atom stereocenters. The first-order valence-electron chi connectivity index (χ1n) is 8.62. The SMILES string of the molecule is CCOc1cc(/C=C2/NC(=O)NC2=O)cc(Cl)c1OCc1ccc(C(=O)O)cc1. The van der Waals surface area contributed by atoms with Crippen molar-refractivity contribution in [1.82, 2.24) is 10.6 Å². The molecule has 1 aliphatic rings. The van der Waals surface area contributed by atoms with Crippen LogP contribution in [0.25, 0.3) is 6.08 Å². The number of carboxylic acids is 1. The second kappa shape index (κ2) is 8.66. The predicted molar refractivity (Wildman–Crippen MR) is 105 cm³/mol. The molecular weight excluding hydrogens is 400 g/mol. The average molecular weight is 417 g/mol. The molecule has 0 spiro atoms. The molecule has 3 N–H and O–H groups in total. The van der Waals surface area contributed by atoms with Gasteiger partial charge in [-0.2, -0.15) is 0 Å². The van der Waals surface area contributed by atoms with Crippen LogP contribution >= 0.6 is 11.6 Å². The van der Waals surface area contributed by atoms with Gasteiger partial charge in [0.05, 0.1) is 17.2 Å². The van der Waals surface area contributed by atoms with E-state index >= 15 is 0 Å². The lowest BCUT2D eigenvalue weighted by Gasteiger charge is -2.15. The van der Waals surface area contributed by atoms with Crippen LogP contribution in [0.4, 0.5) is 4.79 Å². The number of imide groups is 1. The molecule has 1 fully saturated rings. The molecule has 29 heavy (non-hydrogen) atoms. The van der Waals surface area contributed by atoms with Gasteiger partial charge in [0.2, 0.25) is 0 Å². The zero-order valence-electron chi connectivity index (χ0n) is 15.3. The number of carboxylic acid groups (broad SMARTS) is 1. The smallest absolute Gasteiger partial charge is 0.335 e. The van der Waals surface area contributed by atoms with Crippen molar-refractivity contribution in [1.29, 1.82) is 0 Å². The quantitative estimate of drug-likeness (QED) is 0.471. The van der Waals surface area contributed by atoms with Crippen LogP contribution in [0.15, 0.2) is 42.1 Å². The van der Waals surface area contributed by atoms with Crippen molar-refractivity contribution < 1.29 is 29.0 Å². The highest BCUT2D eigenvalue weighted by Crippen LogP contribution is 2.38. The van der Waals surface area contributed by atoms with Gasteiger partial charge in [-0.05, 0) is 48.4 Å². The summed E-state index contributed by atoms with van der Waals surface area (Å²) >= 11 is 6.35. The highest BCUT2D eigenvalue weighted by Gasteiger charge is 2.23. The third-order valence-corrected chi connectivity index (χ3v) is 4.23. The molecule has 1 aliphatic heterocycles. The Bertz CT molecular complexity index is 1000. The lowest BCUT2D eigenvalue weighted by atomic mass is 10.1. The Morgan fingerprint density at radius 2 is 1.86 bits per heavy atom. The summed E-state index contributed by atoms with van der Waals surface area (Å²) in [5, 5.41) is 13.7. The summed E-state index contributed by atoms with van der Waals surface area (Å²) in [5.41, 5.74) is 1.58. The number of aromatic carboxylic acids is 1. The van der Waals surface area contributed by atoms with Crippen molar-refractivity contribution in [2.75, 3.05) is 6.61 Å². The van der Waals surface area contributed by atoms with Crippen LogP contribution in [-0.4, -0.2) is 29.6 Å². The Morgan fingerprint density at radius 1 is 1.14 bits per heavy atom. The highest BCUT2D eigenvalue weighted by atomic mass is 35.5. The maximum atomic E-state index is 11.7. The molecule has 0 saturated carbocycles. The van der Waals surface area contributed by atoms with Crippen molar-refractivity contribution in [2.24, 2.45) is 0 Å². The lowest BCUT2D eigenvalue weighted by Crippen LogP contribution is -2.22. The Morgan fingerprint density at radius 3 is 2.45 bits per heavy atom. The Balaban J connectivity index is 1.82. The van der Waals surface area contributed by atoms with E-state index in [1.807, 2.05) is 0 Å². The first kappa shape index (κ1) is 20.2. The van der Waals surface area contributed by atoms with Gasteiger partial charge in [0.1, 0.15) is 12.3 Å². The summed E-state index contributed by atoms with van der Waals surface area (Å²) in [6.07, 6.45) is 1.48. The van der Waals surface area contributed by atoms with E-state index in [0.717, 1.165) is 5.56 Å². The molecule has 3 amide bonds. The molecule has 0 radical (unpaired) electrons. The van der Waals surface area contributed by atoms with Gasteiger partial charge in [0.25, 0.3) is 5.91 Å². The summed E-state index contributed by atoms with van der Waals surface area (Å²) in [6.45, 7) is 2.31. The fraction of sp³-hybridized carbons (Fsp3) is 0.150. The van der Waals surface area contributed by atoms with Gasteiger partial charge in [-0.3, -0.25) is 10.1 Å². The number of carbonyl (C=O) groups is 3. The predicted octanol–water partition coefficient (Wildman–Crippen LogP) is 3.20. The molecule has 9 heteroatoms. The van der Waals surface area contributed by atoms with Gasteiger partial charge >= 0.3 is 12.0 Å². The van der Waals surface area contributed by atoms with Crippen LogP contribution in [-0.2, 0) is 11.4 Å². The first-order valence-corrected chi connectivity index (χ1v) is 9.00. The zero-order chi connectivity index (χ0) is 21.0. The number of carbonyl (C=O) groups excluding carboxylic acids is 2. The molecule has 8 nitrogen and oxygen atoms in total. The molecule has 1 saturated heterocycles. The Hall–Kier alpha value is -3.52. The van der Waals surface area contributed by atoms with Crippen LogP contribution in [0.2, 0.25) is 5.02 Å². The molecule has 2 aromatic carbocycles. The molecule has 1 heterocycles. The first-order chi connectivity index (χ1) is 13.9. The van der Waals surface area contributed by atoms with Crippen LogP contribution in [0.1, 0.15) is 28.4 Å². The summed E-state index contributed by atoms with van der Waals surface area (Å²) in [5.74, 6) is -0.846. The Labute approximate surface area is 171 Å². The molecule has 0 aromatic heterocycles. The van der Waals surface area contributed by atoms with Crippen LogP contribution in [0.5, 0.6) is 11.5 Å². The Kier molecular flexibility index (Phi) is 6.04. The minimum atomic E-state index is -1.00.